The van der Waals surface area contributed by atoms with E-state index in [0.29, 0.717) is 13.2 Å². The third-order valence-corrected chi connectivity index (χ3v) is 2.16. The smallest absolute Gasteiger partial charge is 0.136 e. The molecule has 0 radical (unpaired) electrons. The van der Waals surface area contributed by atoms with Gasteiger partial charge in [0.25, 0.3) is 0 Å². The van der Waals surface area contributed by atoms with Crippen LogP contribution < -0.4 is 10.5 Å². The number of aliphatic hydroxyl groups excluding tert-OH is 1. The van der Waals surface area contributed by atoms with E-state index in [1.807, 2.05) is 32.0 Å². The van der Waals surface area contributed by atoms with Crippen LogP contribution in [0.4, 0.5) is 0 Å². The molecule has 3 nitrogen and oxygen atoms in total. The molecule has 3 heteroatoms. The number of ether oxygens (including phenoxy) is 1. The SMILES string of the molecule is Cc1cccc(C)c1OC[C@@H](O)C[NH3+]. The maximum atomic E-state index is 9.31. The molecule has 78 valence electrons. The quantitative estimate of drug-likeness (QED) is 0.727. The summed E-state index contributed by atoms with van der Waals surface area (Å²) in [4.78, 5) is 0. The van der Waals surface area contributed by atoms with Gasteiger partial charge in [-0.3, -0.25) is 0 Å². The number of quaternary nitrogens is 1. The number of benzene rings is 1. The molecule has 0 spiro atoms. The van der Waals surface area contributed by atoms with E-state index in [-0.39, 0.29) is 0 Å². The Bertz CT molecular complexity index is 279. The lowest BCUT2D eigenvalue weighted by Crippen LogP contribution is -2.56. The van der Waals surface area contributed by atoms with Gasteiger partial charge in [0.15, 0.2) is 0 Å². The summed E-state index contributed by atoms with van der Waals surface area (Å²) in [6.07, 6.45) is -0.478. The lowest BCUT2D eigenvalue weighted by atomic mass is 10.1. The minimum Gasteiger partial charge on any atom is -0.490 e. The van der Waals surface area contributed by atoms with E-state index in [4.69, 9.17) is 4.74 Å². The van der Waals surface area contributed by atoms with Crippen LogP contribution in [0, 0.1) is 13.8 Å². The molecule has 0 heterocycles. The largest absolute Gasteiger partial charge is 0.490 e. The van der Waals surface area contributed by atoms with E-state index >= 15 is 0 Å². The lowest BCUT2D eigenvalue weighted by molar-refractivity contribution is -0.384. The average Bonchev–Trinajstić information content (AvgIpc) is 2.16. The van der Waals surface area contributed by atoms with Gasteiger partial charge in [0.2, 0.25) is 0 Å². The molecule has 1 rings (SSSR count). The Morgan fingerprint density at radius 2 is 1.93 bits per heavy atom. The van der Waals surface area contributed by atoms with Gasteiger partial charge in [-0.05, 0) is 25.0 Å². The fourth-order valence-electron chi connectivity index (χ4n) is 1.29. The van der Waals surface area contributed by atoms with Crippen molar-refractivity contribution in [3.8, 4) is 5.75 Å². The van der Waals surface area contributed by atoms with Crippen LogP contribution >= 0.6 is 0 Å². The number of hydrogen-bond donors (Lipinski definition) is 2. The van der Waals surface area contributed by atoms with Crippen LogP contribution in [0.3, 0.4) is 0 Å². The van der Waals surface area contributed by atoms with Crippen molar-refractivity contribution in [1.29, 1.82) is 0 Å². The number of para-hydroxylation sites is 1. The van der Waals surface area contributed by atoms with Gasteiger partial charge in [0, 0.05) is 0 Å². The summed E-state index contributed by atoms with van der Waals surface area (Å²) in [6.45, 7) is 4.79. The van der Waals surface area contributed by atoms with Gasteiger partial charge in [-0.1, -0.05) is 18.2 Å². The number of rotatable bonds is 4. The highest BCUT2D eigenvalue weighted by atomic mass is 16.5. The van der Waals surface area contributed by atoms with Gasteiger partial charge in [0.05, 0.1) is 0 Å². The maximum Gasteiger partial charge on any atom is 0.136 e. The fraction of sp³-hybridized carbons (Fsp3) is 0.455. The predicted molar refractivity (Wildman–Crippen MR) is 55.2 cm³/mol. The second-order valence-corrected chi connectivity index (χ2v) is 3.47. The van der Waals surface area contributed by atoms with Crippen LogP contribution in [-0.4, -0.2) is 24.4 Å². The second kappa shape index (κ2) is 4.98. The Hall–Kier alpha value is -1.06. The first-order chi connectivity index (χ1) is 6.65. The highest BCUT2D eigenvalue weighted by Crippen LogP contribution is 2.22. The van der Waals surface area contributed by atoms with E-state index in [0.717, 1.165) is 16.9 Å². The highest BCUT2D eigenvalue weighted by Gasteiger charge is 2.07. The van der Waals surface area contributed by atoms with Crippen molar-refractivity contribution in [3.63, 3.8) is 0 Å². The van der Waals surface area contributed by atoms with E-state index in [1.165, 1.54) is 0 Å². The van der Waals surface area contributed by atoms with Crippen molar-refractivity contribution in [2.75, 3.05) is 13.2 Å². The molecule has 1 aromatic rings. The molecule has 4 N–H and O–H groups in total. The van der Waals surface area contributed by atoms with E-state index in [1.54, 1.807) is 0 Å². The van der Waals surface area contributed by atoms with Crippen LogP contribution in [0.2, 0.25) is 0 Å². The van der Waals surface area contributed by atoms with Crippen molar-refractivity contribution in [2.45, 2.75) is 20.0 Å². The molecule has 0 saturated heterocycles. The first kappa shape index (κ1) is 11.0. The third-order valence-electron chi connectivity index (χ3n) is 2.16. The molecular weight excluding hydrogens is 178 g/mol. The Morgan fingerprint density at radius 3 is 2.43 bits per heavy atom. The Morgan fingerprint density at radius 1 is 1.36 bits per heavy atom. The first-order valence-corrected chi connectivity index (χ1v) is 4.81. The monoisotopic (exact) mass is 196 g/mol. The van der Waals surface area contributed by atoms with Gasteiger partial charge < -0.3 is 15.6 Å². The average molecular weight is 196 g/mol. The molecular formula is C11H18NO2+. The van der Waals surface area contributed by atoms with Crippen molar-refractivity contribution in [3.05, 3.63) is 29.3 Å². The van der Waals surface area contributed by atoms with Crippen molar-refractivity contribution < 1.29 is 15.6 Å². The number of aryl methyl sites for hydroxylation is 2. The highest BCUT2D eigenvalue weighted by molar-refractivity contribution is 5.39. The summed E-state index contributed by atoms with van der Waals surface area (Å²) in [6, 6.07) is 5.99. The maximum absolute atomic E-state index is 9.31. The molecule has 0 fully saturated rings. The van der Waals surface area contributed by atoms with Crippen LogP contribution in [0.15, 0.2) is 18.2 Å². The van der Waals surface area contributed by atoms with Crippen LogP contribution in [-0.2, 0) is 0 Å². The van der Waals surface area contributed by atoms with E-state index in [9.17, 15) is 5.11 Å². The molecule has 1 atom stereocenters. The van der Waals surface area contributed by atoms with Crippen molar-refractivity contribution in [1.82, 2.24) is 0 Å². The Kier molecular flexibility index (Phi) is 3.92. The standard InChI is InChI=1S/C11H17NO2/c1-8-4-3-5-9(2)11(8)14-7-10(13)6-12/h3-5,10,13H,6-7,12H2,1-2H3/p+1/t10-/m0/s1. The topological polar surface area (TPSA) is 57.1 Å². The molecule has 0 bridgehead atoms. The number of hydrogen-bond acceptors (Lipinski definition) is 2. The Labute approximate surface area is 84.5 Å². The summed E-state index contributed by atoms with van der Waals surface area (Å²) < 4.78 is 5.53. The van der Waals surface area contributed by atoms with Crippen molar-refractivity contribution in [2.24, 2.45) is 0 Å². The van der Waals surface area contributed by atoms with Gasteiger partial charge in [-0.2, -0.15) is 0 Å². The summed E-state index contributed by atoms with van der Waals surface area (Å²) >= 11 is 0. The molecule has 0 aliphatic heterocycles. The van der Waals surface area contributed by atoms with Crippen LogP contribution in [0.1, 0.15) is 11.1 Å². The van der Waals surface area contributed by atoms with Crippen molar-refractivity contribution >= 4 is 0 Å². The van der Waals surface area contributed by atoms with Gasteiger partial charge in [-0.25, -0.2) is 0 Å². The van der Waals surface area contributed by atoms with E-state index in [2.05, 4.69) is 5.73 Å². The molecule has 0 aromatic heterocycles. The number of aliphatic hydroxyl groups is 1. The zero-order valence-corrected chi connectivity index (χ0v) is 8.79. The minimum atomic E-state index is -0.478. The van der Waals surface area contributed by atoms with Crippen LogP contribution in [0.25, 0.3) is 0 Å². The van der Waals surface area contributed by atoms with Gasteiger partial charge in [0.1, 0.15) is 25.0 Å². The molecule has 14 heavy (non-hydrogen) atoms. The zero-order valence-electron chi connectivity index (χ0n) is 8.79. The second-order valence-electron chi connectivity index (χ2n) is 3.47. The summed E-state index contributed by atoms with van der Waals surface area (Å²) in [5.74, 6) is 0.875. The summed E-state index contributed by atoms with van der Waals surface area (Å²) in [5.41, 5.74) is 5.81. The fourth-order valence-corrected chi connectivity index (χ4v) is 1.29. The molecule has 0 aliphatic carbocycles. The van der Waals surface area contributed by atoms with Gasteiger partial charge >= 0.3 is 0 Å². The van der Waals surface area contributed by atoms with Crippen LogP contribution in [0.5, 0.6) is 5.75 Å². The molecule has 0 aliphatic rings. The normalized spacial score (nSPS) is 12.6. The molecule has 0 unspecified atom stereocenters. The summed E-state index contributed by atoms with van der Waals surface area (Å²) in [7, 11) is 0. The zero-order chi connectivity index (χ0) is 10.6. The Balaban J connectivity index is 2.66. The third kappa shape index (κ3) is 2.72. The molecule has 0 amide bonds. The predicted octanol–water partition coefficient (Wildman–Crippen LogP) is 0.285. The van der Waals surface area contributed by atoms with Gasteiger partial charge in [-0.15, -0.1) is 0 Å². The summed E-state index contributed by atoms with van der Waals surface area (Å²) in [5, 5.41) is 9.31. The minimum absolute atomic E-state index is 0.315. The van der Waals surface area contributed by atoms with E-state index < -0.39 is 6.10 Å². The molecule has 1 aromatic carbocycles. The molecule has 0 saturated carbocycles. The first-order valence-electron chi connectivity index (χ1n) is 4.81. The lowest BCUT2D eigenvalue weighted by Gasteiger charge is -2.13.